The van der Waals surface area contributed by atoms with E-state index in [0.717, 1.165) is 0 Å². The van der Waals surface area contributed by atoms with E-state index in [1.165, 1.54) is 29.2 Å². The predicted octanol–water partition coefficient (Wildman–Crippen LogP) is 1.31. The summed E-state index contributed by atoms with van der Waals surface area (Å²) in [6, 6.07) is 5.82. The number of nitrogens with zero attached hydrogens (tertiary/aromatic N) is 2. The van der Waals surface area contributed by atoms with Gasteiger partial charge in [-0.05, 0) is 18.6 Å². The number of hydrogen-bond acceptors (Lipinski definition) is 4. The summed E-state index contributed by atoms with van der Waals surface area (Å²) in [6.07, 6.45) is 3.68. The zero-order valence-corrected chi connectivity index (χ0v) is 12.4. The van der Waals surface area contributed by atoms with Crippen LogP contribution < -0.4 is 15.8 Å². The lowest BCUT2D eigenvalue weighted by molar-refractivity contribution is -0.118. The molecule has 0 aliphatic carbocycles. The molecule has 1 aromatic heterocycles. The van der Waals surface area contributed by atoms with E-state index in [1.54, 1.807) is 12.1 Å². The highest BCUT2D eigenvalue weighted by atomic mass is 19.1. The number of hydrogen-bond donors (Lipinski definition) is 2. The van der Waals surface area contributed by atoms with Gasteiger partial charge in [-0.25, -0.2) is 4.39 Å². The van der Waals surface area contributed by atoms with Crippen molar-refractivity contribution < 1.29 is 18.7 Å². The van der Waals surface area contributed by atoms with Gasteiger partial charge in [0.2, 0.25) is 11.8 Å². The van der Waals surface area contributed by atoms with Gasteiger partial charge in [-0.15, -0.1) is 0 Å². The first-order valence-corrected chi connectivity index (χ1v) is 7.02. The number of benzene rings is 1. The van der Waals surface area contributed by atoms with Gasteiger partial charge in [-0.2, -0.15) is 5.10 Å². The van der Waals surface area contributed by atoms with Crippen LogP contribution in [0.5, 0.6) is 5.75 Å². The summed E-state index contributed by atoms with van der Waals surface area (Å²) in [7, 11) is 0. The molecule has 2 aromatic rings. The topological polar surface area (TPSA) is 99.2 Å². The second-order valence-corrected chi connectivity index (χ2v) is 4.85. The van der Waals surface area contributed by atoms with Gasteiger partial charge in [-0.3, -0.25) is 14.3 Å². The van der Waals surface area contributed by atoms with E-state index in [-0.39, 0.29) is 24.7 Å². The molecule has 1 heterocycles. The predicted molar refractivity (Wildman–Crippen MR) is 81.2 cm³/mol. The zero-order chi connectivity index (χ0) is 16.7. The quantitative estimate of drug-likeness (QED) is 0.716. The molecule has 3 N–H and O–H groups in total. The van der Waals surface area contributed by atoms with Gasteiger partial charge >= 0.3 is 0 Å². The molecule has 122 valence electrons. The lowest BCUT2D eigenvalue weighted by Crippen LogP contribution is -2.18. The average Bonchev–Trinajstić information content (AvgIpc) is 2.90. The number of amides is 2. The number of primary amides is 1. The van der Waals surface area contributed by atoms with Gasteiger partial charge in [0, 0.05) is 18.7 Å². The minimum atomic E-state index is -0.513. The van der Waals surface area contributed by atoms with E-state index in [2.05, 4.69) is 10.4 Å². The zero-order valence-electron chi connectivity index (χ0n) is 12.4. The van der Waals surface area contributed by atoms with Crippen LogP contribution in [0.15, 0.2) is 36.7 Å². The van der Waals surface area contributed by atoms with Crippen LogP contribution in [-0.4, -0.2) is 28.2 Å². The van der Waals surface area contributed by atoms with Crippen molar-refractivity contribution in [3.8, 4) is 5.75 Å². The molecule has 0 atom stereocenters. The largest absolute Gasteiger partial charge is 0.493 e. The summed E-state index contributed by atoms with van der Waals surface area (Å²) < 4.78 is 19.6. The number of rotatable bonds is 8. The van der Waals surface area contributed by atoms with Crippen LogP contribution in [0.25, 0.3) is 0 Å². The first-order chi connectivity index (χ1) is 11.0. The molecule has 0 aliphatic rings. The molecular formula is C15H17FN4O3. The highest BCUT2D eigenvalue weighted by molar-refractivity contribution is 5.90. The van der Waals surface area contributed by atoms with Gasteiger partial charge < -0.3 is 15.8 Å². The van der Waals surface area contributed by atoms with Crippen LogP contribution in [0, 0.1) is 5.82 Å². The van der Waals surface area contributed by atoms with Crippen molar-refractivity contribution in [1.82, 2.24) is 9.78 Å². The molecule has 2 amide bonds. The average molecular weight is 320 g/mol. The van der Waals surface area contributed by atoms with Gasteiger partial charge in [0.15, 0.2) is 0 Å². The SMILES string of the molecule is NC(=O)Cn1cc(NC(=O)CCCOc2cccc(F)c2)cn1. The summed E-state index contributed by atoms with van der Waals surface area (Å²) in [6.45, 7) is 0.259. The Hall–Kier alpha value is -2.90. The van der Waals surface area contributed by atoms with Crippen LogP contribution >= 0.6 is 0 Å². The molecular weight excluding hydrogens is 303 g/mol. The van der Waals surface area contributed by atoms with Crippen LogP contribution in [-0.2, 0) is 16.1 Å². The Labute approximate surface area is 132 Å². The number of nitrogens with two attached hydrogens (primary N) is 1. The van der Waals surface area contributed by atoms with E-state index in [4.69, 9.17) is 10.5 Å². The van der Waals surface area contributed by atoms with Crippen molar-refractivity contribution in [2.75, 3.05) is 11.9 Å². The summed E-state index contributed by atoms with van der Waals surface area (Å²) >= 11 is 0. The molecule has 0 spiro atoms. The fraction of sp³-hybridized carbons (Fsp3) is 0.267. The van der Waals surface area contributed by atoms with Crippen LogP contribution in [0.2, 0.25) is 0 Å². The standard InChI is InChI=1S/C15H17FN4O3/c16-11-3-1-4-13(7-11)23-6-2-5-15(22)19-12-8-18-20(9-12)10-14(17)21/h1,3-4,7-9H,2,5-6,10H2,(H2,17,21)(H,19,22). The van der Waals surface area contributed by atoms with E-state index in [1.807, 2.05) is 0 Å². The molecule has 0 aliphatic heterocycles. The van der Waals surface area contributed by atoms with Crippen molar-refractivity contribution in [3.05, 3.63) is 42.5 Å². The Bertz CT molecular complexity index is 687. The first kappa shape index (κ1) is 16.5. The molecule has 7 nitrogen and oxygen atoms in total. The number of carbonyl (C=O) groups excluding carboxylic acids is 2. The lowest BCUT2D eigenvalue weighted by atomic mass is 10.3. The van der Waals surface area contributed by atoms with Crippen LogP contribution in [0.3, 0.4) is 0 Å². The molecule has 0 fully saturated rings. The molecule has 2 rings (SSSR count). The second-order valence-electron chi connectivity index (χ2n) is 4.85. The van der Waals surface area contributed by atoms with Crippen molar-refractivity contribution in [3.63, 3.8) is 0 Å². The van der Waals surface area contributed by atoms with E-state index in [0.29, 0.717) is 24.5 Å². The van der Waals surface area contributed by atoms with Crippen molar-refractivity contribution >= 4 is 17.5 Å². The van der Waals surface area contributed by atoms with Gasteiger partial charge in [0.05, 0.1) is 18.5 Å². The molecule has 0 saturated heterocycles. The fourth-order valence-corrected chi connectivity index (χ4v) is 1.88. The summed E-state index contributed by atoms with van der Waals surface area (Å²) in [5.41, 5.74) is 5.54. The summed E-state index contributed by atoms with van der Waals surface area (Å²) in [4.78, 5) is 22.5. The van der Waals surface area contributed by atoms with E-state index >= 15 is 0 Å². The van der Waals surface area contributed by atoms with Gasteiger partial charge in [0.25, 0.3) is 0 Å². The number of nitrogens with one attached hydrogen (secondary N) is 1. The first-order valence-electron chi connectivity index (χ1n) is 7.02. The van der Waals surface area contributed by atoms with Gasteiger partial charge in [-0.1, -0.05) is 6.07 Å². The fourth-order valence-electron chi connectivity index (χ4n) is 1.88. The van der Waals surface area contributed by atoms with Crippen molar-refractivity contribution in [2.45, 2.75) is 19.4 Å². The Morgan fingerprint density at radius 1 is 1.39 bits per heavy atom. The number of ether oxygens (including phenoxy) is 1. The number of anilines is 1. The Balaban J connectivity index is 1.69. The minimum absolute atomic E-state index is 0.0443. The third-order valence-electron chi connectivity index (χ3n) is 2.85. The maximum absolute atomic E-state index is 12.9. The minimum Gasteiger partial charge on any atom is -0.493 e. The van der Waals surface area contributed by atoms with Gasteiger partial charge in [0.1, 0.15) is 18.1 Å². The maximum atomic E-state index is 12.9. The summed E-state index contributed by atoms with van der Waals surface area (Å²) in [5, 5.41) is 6.55. The third-order valence-corrected chi connectivity index (χ3v) is 2.85. The third kappa shape index (κ3) is 5.77. The second kappa shape index (κ2) is 7.92. The Morgan fingerprint density at radius 2 is 2.22 bits per heavy atom. The molecule has 23 heavy (non-hydrogen) atoms. The number of aromatic nitrogens is 2. The molecule has 0 radical (unpaired) electrons. The van der Waals surface area contributed by atoms with Crippen LogP contribution in [0.4, 0.5) is 10.1 Å². The molecule has 0 unspecified atom stereocenters. The smallest absolute Gasteiger partial charge is 0.239 e. The van der Waals surface area contributed by atoms with E-state index < -0.39 is 5.91 Å². The number of carbonyl (C=O) groups is 2. The molecule has 0 saturated carbocycles. The lowest BCUT2D eigenvalue weighted by Gasteiger charge is -2.06. The molecule has 8 heteroatoms. The van der Waals surface area contributed by atoms with E-state index in [9.17, 15) is 14.0 Å². The van der Waals surface area contributed by atoms with Crippen molar-refractivity contribution in [1.29, 1.82) is 0 Å². The molecule has 1 aromatic carbocycles. The van der Waals surface area contributed by atoms with Crippen LogP contribution in [0.1, 0.15) is 12.8 Å². The summed E-state index contributed by atoms with van der Waals surface area (Å²) in [5.74, 6) is -0.654. The Kier molecular flexibility index (Phi) is 5.67. The highest BCUT2D eigenvalue weighted by Crippen LogP contribution is 2.12. The Morgan fingerprint density at radius 3 is 2.96 bits per heavy atom. The highest BCUT2D eigenvalue weighted by Gasteiger charge is 2.06. The maximum Gasteiger partial charge on any atom is 0.239 e. The monoisotopic (exact) mass is 320 g/mol. The molecule has 0 bridgehead atoms. The normalized spacial score (nSPS) is 10.3. The van der Waals surface area contributed by atoms with Crippen molar-refractivity contribution in [2.24, 2.45) is 5.73 Å². The number of halogens is 1.